The molecule has 2 N–H and O–H groups in total. The molecule has 8 nitrogen and oxygen atoms in total. The molecule has 2 fully saturated rings. The first-order valence-corrected chi connectivity index (χ1v) is 17.9. The van der Waals surface area contributed by atoms with Crippen LogP contribution in [0, 0.1) is 0 Å². The molecule has 4 rings (SSSR count). The highest BCUT2D eigenvalue weighted by atomic mass is 32.1. The van der Waals surface area contributed by atoms with Crippen molar-refractivity contribution in [3.63, 3.8) is 0 Å². The molecule has 1 saturated heterocycles. The van der Waals surface area contributed by atoms with Crippen molar-refractivity contribution in [2.24, 2.45) is 0 Å². The summed E-state index contributed by atoms with van der Waals surface area (Å²) in [5.41, 5.74) is -0.963. The number of halogens is 5. The highest BCUT2D eigenvalue weighted by Crippen LogP contribution is 2.42. The first-order chi connectivity index (χ1) is 19.8. The van der Waals surface area contributed by atoms with Crippen molar-refractivity contribution in [1.82, 2.24) is 20.2 Å². The zero-order valence-electron chi connectivity index (χ0n) is 25.2. The summed E-state index contributed by atoms with van der Waals surface area (Å²) >= 11 is 0.777. The van der Waals surface area contributed by atoms with E-state index in [1.165, 1.54) is 0 Å². The second kappa shape index (κ2) is 12.0. The summed E-state index contributed by atoms with van der Waals surface area (Å²) in [6.07, 6.45) is -4.73. The zero-order chi connectivity index (χ0) is 32.1. The van der Waals surface area contributed by atoms with Crippen LogP contribution in [0.1, 0.15) is 86.2 Å². The Bertz CT molecular complexity index is 1360. The van der Waals surface area contributed by atoms with Crippen LogP contribution in [0.25, 0.3) is 10.4 Å². The van der Waals surface area contributed by atoms with Crippen LogP contribution in [-0.4, -0.2) is 72.0 Å². The van der Waals surface area contributed by atoms with Gasteiger partial charge in [0.05, 0.1) is 17.0 Å². The van der Waals surface area contributed by atoms with E-state index in [1.54, 1.807) is 4.90 Å². The number of hydrogen-bond acceptors (Lipinski definition) is 7. The Morgan fingerprint density at radius 1 is 1.21 bits per heavy atom. The summed E-state index contributed by atoms with van der Waals surface area (Å²) in [7, 11) is -2.07. The van der Waals surface area contributed by atoms with Crippen LogP contribution >= 0.6 is 11.3 Å². The van der Waals surface area contributed by atoms with Gasteiger partial charge in [0.25, 0.3) is 18.2 Å². The van der Waals surface area contributed by atoms with Crippen LogP contribution < -0.4 is 10.6 Å². The topological polar surface area (TPSA) is 96.4 Å². The van der Waals surface area contributed by atoms with Gasteiger partial charge in [-0.05, 0) is 57.3 Å². The zero-order valence-corrected chi connectivity index (χ0v) is 27.1. The van der Waals surface area contributed by atoms with Gasteiger partial charge in [-0.2, -0.15) is 13.2 Å². The van der Waals surface area contributed by atoms with Gasteiger partial charge in [0.15, 0.2) is 13.3 Å². The van der Waals surface area contributed by atoms with Gasteiger partial charge >= 0.3 is 6.18 Å². The second-order valence-corrected chi connectivity index (χ2v) is 18.5. The summed E-state index contributed by atoms with van der Waals surface area (Å²) in [5.74, 6) is -1.46. The molecule has 1 aliphatic heterocycles. The Balaban J connectivity index is 1.65. The molecule has 15 heteroatoms. The maximum absolute atomic E-state index is 14.3. The standard InChI is InChI=1S/C28H38F5N5O3SSi/c1-14-9-8-10-38(14)26(40)21-22(17-13-34-20(11-16(17)23(29)30)35-15(2)28(31,32)33)42-25(37-21)24(39)36-18-12-19(18)41-43(6,7)27(3,4)5/h11,13-15,18-19,23H,8-10,12H2,1-7H3,(H,34,35)(H,36,39)/t14-,15-,18-,19+/m0/s1. The van der Waals surface area contributed by atoms with E-state index in [9.17, 15) is 31.5 Å². The lowest BCUT2D eigenvalue weighted by Gasteiger charge is -2.36. The minimum Gasteiger partial charge on any atom is -0.412 e. The third-order valence-electron chi connectivity index (χ3n) is 8.41. The monoisotopic (exact) mass is 647 g/mol. The molecule has 1 aliphatic carbocycles. The Morgan fingerprint density at radius 2 is 1.88 bits per heavy atom. The molecule has 43 heavy (non-hydrogen) atoms. The van der Waals surface area contributed by atoms with Crippen LogP contribution in [-0.2, 0) is 4.43 Å². The number of anilines is 1. The van der Waals surface area contributed by atoms with Crippen LogP contribution in [0.3, 0.4) is 0 Å². The third-order valence-corrected chi connectivity index (χ3v) is 14.0. The fourth-order valence-electron chi connectivity index (χ4n) is 4.58. The Kier molecular flexibility index (Phi) is 9.30. The number of hydrogen-bond donors (Lipinski definition) is 2. The van der Waals surface area contributed by atoms with Crippen molar-refractivity contribution < 1.29 is 36.0 Å². The number of aromatic nitrogens is 2. The van der Waals surface area contributed by atoms with E-state index in [0.29, 0.717) is 13.0 Å². The van der Waals surface area contributed by atoms with Gasteiger partial charge in [0, 0.05) is 29.9 Å². The molecule has 2 aromatic heterocycles. The number of amides is 2. The lowest BCUT2D eigenvalue weighted by Crippen LogP contribution is -2.42. The number of nitrogens with zero attached hydrogens (tertiary/aromatic N) is 3. The quantitative estimate of drug-likeness (QED) is 0.224. The molecule has 3 heterocycles. The number of nitrogens with one attached hydrogen (secondary N) is 2. The first-order valence-electron chi connectivity index (χ1n) is 14.2. The van der Waals surface area contributed by atoms with Gasteiger partial charge in [0.1, 0.15) is 17.6 Å². The highest BCUT2D eigenvalue weighted by molar-refractivity contribution is 7.17. The Morgan fingerprint density at radius 3 is 2.44 bits per heavy atom. The number of likely N-dealkylation sites (tertiary alicyclic amines) is 1. The van der Waals surface area contributed by atoms with Gasteiger partial charge in [-0.15, -0.1) is 11.3 Å². The predicted octanol–water partition coefficient (Wildman–Crippen LogP) is 7.02. The fourth-order valence-corrected chi connectivity index (χ4v) is 6.94. The van der Waals surface area contributed by atoms with Gasteiger partial charge in [-0.25, -0.2) is 18.7 Å². The second-order valence-electron chi connectivity index (χ2n) is 12.8. The lowest BCUT2D eigenvalue weighted by molar-refractivity contribution is -0.138. The average Bonchev–Trinajstić information content (AvgIpc) is 3.24. The van der Waals surface area contributed by atoms with Crippen LogP contribution in [0.15, 0.2) is 12.3 Å². The van der Waals surface area contributed by atoms with Crippen molar-refractivity contribution in [3.05, 3.63) is 28.5 Å². The molecule has 0 spiro atoms. The van der Waals surface area contributed by atoms with Gasteiger partial charge in [-0.1, -0.05) is 20.8 Å². The summed E-state index contributed by atoms with van der Waals surface area (Å²) in [4.78, 5) is 36.8. The molecular weight excluding hydrogens is 609 g/mol. The predicted molar refractivity (Wildman–Crippen MR) is 157 cm³/mol. The molecule has 0 unspecified atom stereocenters. The number of pyridine rings is 1. The first kappa shape index (κ1) is 33.2. The summed E-state index contributed by atoms with van der Waals surface area (Å²) < 4.78 is 74.1. The van der Waals surface area contributed by atoms with E-state index < -0.39 is 50.2 Å². The third kappa shape index (κ3) is 7.36. The largest absolute Gasteiger partial charge is 0.412 e. The van der Waals surface area contributed by atoms with Gasteiger partial charge < -0.3 is 20.0 Å². The van der Waals surface area contributed by atoms with Crippen LogP contribution in [0.4, 0.5) is 27.8 Å². The molecule has 2 aliphatic rings. The minimum absolute atomic E-state index is 0.0113. The van der Waals surface area contributed by atoms with E-state index in [1.807, 2.05) is 6.92 Å². The average molecular weight is 648 g/mol. The smallest absolute Gasteiger partial charge is 0.408 e. The van der Waals surface area contributed by atoms with Crippen molar-refractivity contribution in [1.29, 1.82) is 0 Å². The molecule has 0 bridgehead atoms. The summed E-state index contributed by atoms with van der Waals surface area (Å²) in [6.45, 7) is 13.8. The van der Waals surface area contributed by atoms with Gasteiger partial charge in [-0.3, -0.25) is 9.59 Å². The molecule has 238 valence electrons. The summed E-state index contributed by atoms with van der Waals surface area (Å²) in [5, 5.41) is 4.88. The number of alkyl halides is 5. The molecule has 2 amide bonds. The molecule has 4 atom stereocenters. The van der Waals surface area contributed by atoms with E-state index in [4.69, 9.17) is 4.43 Å². The normalized spacial score (nSPS) is 21.7. The maximum Gasteiger partial charge on any atom is 0.408 e. The maximum atomic E-state index is 14.3. The SMILES string of the molecule is C[C@H](Nc1cc(C(F)F)c(-c2sc(C(=O)N[C@H]3C[C@H]3O[Si](C)(C)C(C)(C)C)nc2C(=O)N2CCC[C@@H]2C)cn1)C(F)(F)F. The number of carbonyl (C=O) groups excluding carboxylic acids is 2. The van der Waals surface area contributed by atoms with E-state index in [2.05, 4.69) is 54.5 Å². The van der Waals surface area contributed by atoms with E-state index >= 15 is 0 Å². The molecule has 2 aromatic rings. The van der Waals surface area contributed by atoms with Crippen molar-refractivity contribution in [2.45, 2.75) is 109 Å². The van der Waals surface area contributed by atoms with Gasteiger partial charge in [0.2, 0.25) is 0 Å². The highest BCUT2D eigenvalue weighted by Gasteiger charge is 2.48. The Hall–Kier alpha value is -2.65. The minimum atomic E-state index is -4.62. The Labute approximate surface area is 252 Å². The van der Waals surface area contributed by atoms with Crippen LogP contribution in [0.5, 0.6) is 0 Å². The molecule has 0 aromatic carbocycles. The molecule has 0 radical (unpaired) electrons. The number of thiazole rings is 1. The molecule has 1 saturated carbocycles. The lowest BCUT2D eigenvalue weighted by atomic mass is 10.1. The van der Waals surface area contributed by atoms with Crippen molar-refractivity contribution >= 4 is 37.3 Å². The van der Waals surface area contributed by atoms with E-state index in [0.717, 1.165) is 43.4 Å². The van der Waals surface area contributed by atoms with Crippen molar-refractivity contribution in [2.75, 3.05) is 11.9 Å². The summed E-state index contributed by atoms with van der Waals surface area (Å²) in [6, 6.07) is -1.55. The fraction of sp³-hybridized carbons (Fsp3) is 0.643. The number of rotatable bonds is 9. The number of carbonyl (C=O) groups is 2. The molecular formula is C28H38F5N5O3SSi. The van der Waals surface area contributed by atoms with Crippen molar-refractivity contribution in [3.8, 4) is 10.4 Å². The van der Waals surface area contributed by atoms with E-state index in [-0.39, 0.29) is 44.4 Å². The van der Waals surface area contributed by atoms with Crippen LogP contribution in [0.2, 0.25) is 18.1 Å².